The number of hydrogen-bond acceptors (Lipinski definition) is 8. The zero-order chi connectivity index (χ0) is 32.2. The van der Waals surface area contributed by atoms with Crippen molar-refractivity contribution in [3.05, 3.63) is 172 Å². The van der Waals surface area contributed by atoms with Gasteiger partial charge in [-0.05, 0) is 47.0 Å². The molecule has 0 fully saturated rings. The van der Waals surface area contributed by atoms with Gasteiger partial charge in [0.1, 0.15) is 11.5 Å². The minimum Gasteiger partial charge on any atom is -0.304 e. The number of fused-ring (bicyclic) bond motifs is 3. The molecule has 0 bridgehead atoms. The van der Waals surface area contributed by atoms with Gasteiger partial charge in [-0.3, -0.25) is 15.1 Å². The normalized spacial score (nSPS) is 12.5. The molecule has 8 rings (SSSR count). The minimum absolute atomic E-state index is 0. The number of aromatic nitrogens is 6. The molecular formula is C38H25IrN7O2-2. The van der Waals surface area contributed by atoms with Crippen LogP contribution in [0, 0.1) is 29.2 Å². The largest absolute Gasteiger partial charge is 0.304 e. The van der Waals surface area contributed by atoms with Gasteiger partial charge in [0.2, 0.25) is 5.82 Å². The van der Waals surface area contributed by atoms with Crippen molar-refractivity contribution in [2.24, 2.45) is 0 Å². The molecule has 4 aromatic carbocycles. The Balaban J connectivity index is 0.000000168. The van der Waals surface area contributed by atoms with Gasteiger partial charge in [0.05, 0.1) is 0 Å². The smallest absolute Gasteiger partial charge is 0.220 e. The monoisotopic (exact) mass is 804 g/mol. The van der Waals surface area contributed by atoms with Gasteiger partial charge in [-0.25, -0.2) is 0 Å². The summed E-state index contributed by atoms with van der Waals surface area (Å²) in [6.45, 7) is 2.07. The van der Waals surface area contributed by atoms with Crippen LogP contribution in [0.15, 0.2) is 128 Å². The van der Waals surface area contributed by atoms with Crippen LogP contribution in [0.4, 0.5) is 5.69 Å². The van der Waals surface area contributed by atoms with Crippen LogP contribution in [0.25, 0.3) is 45.3 Å². The van der Waals surface area contributed by atoms with E-state index in [1.807, 2.05) is 18.3 Å². The molecule has 3 aromatic heterocycles. The molecule has 1 aliphatic rings. The summed E-state index contributed by atoms with van der Waals surface area (Å²) in [5.41, 5.74) is 10.9. The first-order valence-electron chi connectivity index (χ1n) is 14.8. The standard InChI is InChI=1S/C25H18N.C13H7N6O2.Ir/c1-17-14-15-23(26-16-17)22-13-7-12-21-19-10-5-6-11-20(19)24(25(21)22)18-8-3-2-4-9-18;20-19(21)10-6-4-9(5-7-10)12-15-17-13(18-16-12)11-3-1-2-8-14-11;/h2-12,14-16,24H,1H3;1-4,6-8H;/q2*-1;. The van der Waals surface area contributed by atoms with Crippen molar-refractivity contribution in [1.82, 2.24) is 30.4 Å². The van der Waals surface area contributed by atoms with Crippen molar-refractivity contribution in [1.29, 1.82) is 0 Å². The fourth-order valence-electron chi connectivity index (χ4n) is 5.62. The van der Waals surface area contributed by atoms with Gasteiger partial charge >= 0.3 is 0 Å². The van der Waals surface area contributed by atoms with Crippen LogP contribution < -0.4 is 0 Å². The van der Waals surface area contributed by atoms with Crippen molar-refractivity contribution < 1.29 is 25.0 Å². The Morgan fingerprint density at radius 2 is 1.46 bits per heavy atom. The van der Waals surface area contributed by atoms with E-state index in [0.717, 1.165) is 11.3 Å². The molecular weight excluding hydrogens is 779 g/mol. The second kappa shape index (κ2) is 14.3. The third-order valence-electron chi connectivity index (χ3n) is 7.81. The maximum Gasteiger partial charge on any atom is 0.220 e. The molecule has 3 heterocycles. The van der Waals surface area contributed by atoms with Gasteiger partial charge in [-0.15, -0.1) is 57.2 Å². The van der Waals surface area contributed by atoms with E-state index in [1.165, 1.54) is 51.6 Å². The zero-order valence-electron chi connectivity index (χ0n) is 25.5. The second-order valence-electron chi connectivity index (χ2n) is 10.8. The Bertz CT molecular complexity index is 2160. The fraction of sp³-hybridized carbons (Fsp3) is 0.0526. The van der Waals surface area contributed by atoms with Crippen LogP contribution in [0.5, 0.6) is 0 Å². The van der Waals surface area contributed by atoms with Crippen LogP contribution in [0.2, 0.25) is 0 Å². The maximum atomic E-state index is 10.6. The number of nitrogens with zero attached hydrogens (tertiary/aromatic N) is 7. The first-order valence-corrected chi connectivity index (χ1v) is 14.8. The summed E-state index contributed by atoms with van der Waals surface area (Å²) in [4.78, 5) is 18.9. The molecule has 0 N–H and O–H groups in total. The van der Waals surface area contributed by atoms with Crippen molar-refractivity contribution in [3.63, 3.8) is 0 Å². The van der Waals surface area contributed by atoms with E-state index >= 15 is 0 Å². The van der Waals surface area contributed by atoms with Crippen LogP contribution >= 0.6 is 0 Å². The van der Waals surface area contributed by atoms with Gasteiger partial charge in [0.15, 0.2) is 5.69 Å². The molecule has 48 heavy (non-hydrogen) atoms. The first-order chi connectivity index (χ1) is 23.1. The Labute approximate surface area is 290 Å². The molecule has 0 saturated carbocycles. The van der Waals surface area contributed by atoms with Crippen molar-refractivity contribution >= 4 is 5.69 Å². The molecule has 1 atom stereocenters. The molecule has 7 aromatic rings. The summed E-state index contributed by atoms with van der Waals surface area (Å²) >= 11 is 0. The maximum absolute atomic E-state index is 10.6. The SMILES string of the molecule is Cc1ccc(-c2[c-]ccc3c2C(c2ccccc2)c2ccccc2-3)nc1.O=[N+]([O-])c1c[c-]c(-c2nnc(-c3ccccn3)nn2)cc1.[Ir]. The van der Waals surface area contributed by atoms with E-state index < -0.39 is 4.92 Å². The van der Waals surface area contributed by atoms with E-state index in [1.54, 1.807) is 18.3 Å². The molecule has 235 valence electrons. The summed E-state index contributed by atoms with van der Waals surface area (Å²) < 4.78 is 0. The number of pyridine rings is 2. The van der Waals surface area contributed by atoms with Gasteiger partial charge in [0.25, 0.3) is 0 Å². The Hall–Kier alpha value is -5.83. The number of rotatable bonds is 5. The van der Waals surface area contributed by atoms with E-state index in [0.29, 0.717) is 17.1 Å². The molecule has 1 aliphatic carbocycles. The van der Waals surface area contributed by atoms with Crippen molar-refractivity contribution in [2.75, 3.05) is 0 Å². The van der Waals surface area contributed by atoms with Crippen LogP contribution in [-0.2, 0) is 20.1 Å². The molecule has 1 unspecified atom stereocenters. The number of non-ortho nitro benzene ring substituents is 1. The molecule has 0 spiro atoms. The Morgan fingerprint density at radius 3 is 2.15 bits per heavy atom. The zero-order valence-corrected chi connectivity index (χ0v) is 27.9. The van der Waals surface area contributed by atoms with Gasteiger partial charge in [-0.1, -0.05) is 90.5 Å². The van der Waals surface area contributed by atoms with Crippen LogP contribution in [-0.4, -0.2) is 35.3 Å². The summed E-state index contributed by atoms with van der Waals surface area (Å²) in [7, 11) is 0. The first kappa shape index (κ1) is 32.1. The van der Waals surface area contributed by atoms with Gasteiger partial charge in [-0.2, -0.15) is 10.2 Å². The van der Waals surface area contributed by atoms with Crippen molar-refractivity contribution in [2.45, 2.75) is 12.8 Å². The van der Waals surface area contributed by atoms with Crippen molar-refractivity contribution in [3.8, 4) is 45.3 Å². The summed E-state index contributed by atoms with van der Waals surface area (Å²) in [5.74, 6) is 0.767. The number of nitro benzene ring substituents is 1. The summed E-state index contributed by atoms with van der Waals surface area (Å²) in [6, 6.07) is 43.6. The summed E-state index contributed by atoms with van der Waals surface area (Å²) in [5, 5.41) is 26.3. The second-order valence-corrected chi connectivity index (χ2v) is 10.8. The van der Waals surface area contributed by atoms with E-state index in [4.69, 9.17) is 0 Å². The molecule has 1 radical (unpaired) electrons. The van der Waals surface area contributed by atoms with Crippen LogP contribution in [0.1, 0.15) is 28.2 Å². The average Bonchev–Trinajstić information content (AvgIpc) is 3.48. The van der Waals surface area contributed by atoms with Crippen LogP contribution in [0.3, 0.4) is 0 Å². The molecule has 0 saturated heterocycles. The molecule has 0 aliphatic heterocycles. The predicted octanol–water partition coefficient (Wildman–Crippen LogP) is 7.72. The molecule has 10 heteroatoms. The topological polar surface area (TPSA) is 120 Å². The van der Waals surface area contributed by atoms with E-state index in [-0.39, 0.29) is 37.5 Å². The summed E-state index contributed by atoms with van der Waals surface area (Å²) in [6.07, 6.45) is 3.55. The minimum atomic E-state index is -0.498. The van der Waals surface area contributed by atoms with E-state index in [2.05, 4.69) is 122 Å². The number of hydrogen-bond donors (Lipinski definition) is 0. The molecule has 0 amide bonds. The fourth-order valence-corrected chi connectivity index (χ4v) is 5.62. The average molecular weight is 804 g/mol. The third kappa shape index (κ3) is 6.53. The predicted molar refractivity (Wildman–Crippen MR) is 178 cm³/mol. The van der Waals surface area contributed by atoms with E-state index in [9.17, 15) is 10.1 Å². The Morgan fingerprint density at radius 1 is 0.708 bits per heavy atom. The number of aryl methyl sites for hydroxylation is 1. The molecule has 9 nitrogen and oxygen atoms in total. The quantitative estimate of drug-likeness (QED) is 0.0986. The Kier molecular flexibility index (Phi) is 9.57. The van der Waals surface area contributed by atoms with Gasteiger partial charge in [0, 0.05) is 43.3 Å². The number of benzene rings is 4. The van der Waals surface area contributed by atoms with Gasteiger partial charge < -0.3 is 4.98 Å². The number of nitro groups is 1. The third-order valence-corrected chi connectivity index (χ3v) is 7.81.